The molecule has 0 spiro atoms. The number of carbonyl (C=O) groups excluding carboxylic acids is 3. The Morgan fingerprint density at radius 2 is 1.76 bits per heavy atom. The summed E-state index contributed by atoms with van der Waals surface area (Å²) in [4.78, 5) is 45.0. The molecule has 2 unspecified atom stereocenters. The van der Waals surface area contributed by atoms with Gasteiger partial charge in [0.2, 0.25) is 0 Å². The van der Waals surface area contributed by atoms with Gasteiger partial charge < -0.3 is 15.0 Å². The molecule has 3 amide bonds. The third-order valence-corrected chi connectivity index (χ3v) is 7.22. The summed E-state index contributed by atoms with van der Waals surface area (Å²) in [5.74, 6) is -0.411. The van der Waals surface area contributed by atoms with Crippen LogP contribution in [0.15, 0.2) is 59.8 Å². The first kappa shape index (κ1) is 26.4. The van der Waals surface area contributed by atoms with Gasteiger partial charge in [-0.1, -0.05) is 42.0 Å². The van der Waals surface area contributed by atoms with Gasteiger partial charge in [-0.15, -0.1) is 0 Å². The molecule has 196 valence electrons. The number of nitrogens with one attached hydrogen (secondary N) is 1. The summed E-state index contributed by atoms with van der Waals surface area (Å²) in [6.45, 7) is 10.2. The minimum atomic E-state index is -0.597. The summed E-state index contributed by atoms with van der Waals surface area (Å²) in [6, 6.07) is 14.5. The summed E-state index contributed by atoms with van der Waals surface area (Å²) in [7, 11) is 1.68. The highest BCUT2D eigenvalue weighted by molar-refractivity contribution is 5.95. The predicted octanol–water partition coefficient (Wildman–Crippen LogP) is 3.66. The van der Waals surface area contributed by atoms with E-state index in [0.717, 1.165) is 16.7 Å². The Balaban J connectivity index is 1.60. The van der Waals surface area contributed by atoms with Gasteiger partial charge in [-0.3, -0.25) is 14.6 Å². The molecule has 2 aromatic carbocycles. The average Bonchev–Trinajstić information content (AvgIpc) is 2.87. The van der Waals surface area contributed by atoms with Crippen LogP contribution in [0.25, 0.3) is 0 Å². The third kappa shape index (κ3) is 5.54. The summed E-state index contributed by atoms with van der Waals surface area (Å²) in [5.41, 5.74) is 4.72. The van der Waals surface area contributed by atoms with E-state index >= 15 is 0 Å². The fourth-order valence-corrected chi connectivity index (χ4v) is 5.09. The second kappa shape index (κ2) is 11.2. The molecule has 0 bridgehead atoms. The number of likely N-dealkylation sites (N-methyl/N-ethyl adjacent to an activating group) is 1. The summed E-state index contributed by atoms with van der Waals surface area (Å²) in [6.07, 6.45) is 0. The Morgan fingerprint density at radius 3 is 2.41 bits per heavy atom. The number of hydrogen-bond acceptors (Lipinski definition) is 5. The Labute approximate surface area is 218 Å². The zero-order chi connectivity index (χ0) is 26.7. The van der Waals surface area contributed by atoms with E-state index in [0.29, 0.717) is 43.0 Å². The van der Waals surface area contributed by atoms with Crippen LogP contribution in [-0.4, -0.2) is 78.5 Å². The number of urea groups is 1. The number of nitrogens with zero attached hydrogens (tertiary/aromatic N) is 3. The number of amides is 3. The van der Waals surface area contributed by atoms with Crippen molar-refractivity contribution in [1.29, 1.82) is 0 Å². The smallest absolute Gasteiger partial charge is 0.338 e. The van der Waals surface area contributed by atoms with Crippen LogP contribution in [0.3, 0.4) is 0 Å². The molecule has 2 aliphatic rings. The maximum absolute atomic E-state index is 13.3. The van der Waals surface area contributed by atoms with Crippen LogP contribution in [-0.2, 0) is 9.53 Å². The molecule has 1 N–H and O–H groups in total. The Kier molecular flexibility index (Phi) is 7.97. The number of benzene rings is 2. The van der Waals surface area contributed by atoms with Crippen molar-refractivity contribution in [2.24, 2.45) is 0 Å². The van der Waals surface area contributed by atoms with Crippen molar-refractivity contribution in [3.8, 4) is 0 Å². The number of rotatable bonds is 6. The molecule has 1 fully saturated rings. The molecule has 4 rings (SSSR count). The van der Waals surface area contributed by atoms with Gasteiger partial charge in [-0.2, -0.15) is 0 Å². The first-order valence-corrected chi connectivity index (χ1v) is 12.8. The molecule has 8 heteroatoms. The first-order chi connectivity index (χ1) is 17.7. The number of ether oxygens (including phenoxy) is 1. The van der Waals surface area contributed by atoms with E-state index < -0.39 is 12.0 Å². The minimum Gasteiger partial charge on any atom is -0.463 e. The number of carbonyl (C=O) groups is 3. The van der Waals surface area contributed by atoms with Gasteiger partial charge in [0.1, 0.15) is 0 Å². The van der Waals surface area contributed by atoms with Crippen molar-refractivity contribution in [3.05, 3.63) is 82.1 Å². The molecule has 2 atom stereocenters. The Hall–Kier alpha value is -3.65. The van der Waals surface area contributed by atoms with E-state index in [4.69, 9.17) is 4.74 Å². The van der Waals surface area contributed by atoms with Crippen LogP contribution in [0.2, 0.25) is 0 Å². The fraction of sp³-hybridized carbons (Fsp3) is 0.414. The van der Waals surface area contributed by atoms with Gasteiger partial charge in [-0.05, 0) is 51.0 Å². The molecule has 0 radical (unpaired) electrons. The number of aryl methyl sites for hydroxylation is 2. The molecule has 2 aromatic rings. The molecule has 1 saturated heterocycles. The summed E-state index contributed by atoms with van der Waals surface area (Å²) < 4.78 is 5.46. The van der Waals surface area contributed by atoms with Crippen LogP contribution >= 0.6 is 0 Å². The maximum atomic E-state index is 13.3. The zero-order valence-electron chi connectivity index (χ0n) is 22.3. The van der Waals surface area contributed by atoms with Gasteiger partial charge in [-0.25, -0.2) is 9.59 Å². The lowest BCUT2D eigenvalue weighted by Gasteiger charge is -2.42. The van der Waals surface area contributed by atoms with Crippen LogP contribution < -0.4 is 5.32 Å². The zero-order valence-corrected chi connectivity index (χ0v) is 22.3. The third-order valence-electron chi connectivity index (χ3n) is 7.22. The normalized spacial score (nSPS) is 20.6. The maximum Gasteiger partial charge on any atom is 0.338 e. The SMILES string of the molecule is CCOC(=O)C1=C(CN2CCN(C(=O)c3ccc(C)cc3)C(C)C2)N(C)C(=O)NC1c1ccccc1C. The molecule has 2 aliphatic heterocycles. The van der Waals surface area contributed by atoms with Crippen molar-refractivity contribution in [2.45, 2.75) is 39.8 Å². The van der Waals surface area contributed by atoms with E-state index in [1.165, 1.54) is 4.90 Å². The number of hydrogen-bond donors (Lipinski definition) is 1. The average molecular weight is 505 g/mol. The second-order valence-electron chi connectivity index (χ2n) is 9.83. The highest BCUT2D eigenvalue weighted by Gasteiger charge is 2.38. The van der Waals surface area contributed by atoms with E-state index in [1.54, 1.807) is 14.0 Å². The molecule has 8 nitrogen and oxygen atoms in total. The topological polar surface area (TPSA) is 82.2 Å². The molecular formula is C29H36N4O4. The number of esters is 1. The highest BCUT2D eigenvalue weighted by Crippen LogP contribution is 2.33. The van der Waals surface area contributed by atoms with E-state index in [1.807, 2.05) is 74.2 Å². The minimum absolute atomic E-state index is 0.0207. The monoisotopic (exact) mass is 504 g/mol. The number of piperazine rings is 1. The largest absolute Gasteiger partial charge is 0.463 e. The Bertz CT molecular complexity index is 1210. The van der Waals surface area contributed by atoms with E-state index in [2.05, 4.69) is 10.2 Å². The van der Waals surface area contributed by atoms with Crippen molar-refractivity contribution in [1.82, 2.24) is 20.0 Å². The van der Waals surface area contributed by atoms with E-state index in [9.17, 15) is 14.4 Å². The standard InChI is InChI=1S/C29H36N4O4/c1-6-37-28(35)25-24(31(5)29(36)30-26(25)23-10-8-7-9-20(23)3)18-32-15-16-33(21(4)17-32)27(34)22-13-11-19(2)12-14-22/h7-14,21,26H,6,15-18H2,1-5H3,(H,30,36). The predicted molar refractivity (Wildman–Crippen MR) is 142 cm³/mol. The summed E-state index contributed by atoms with van der Waals surface area (Å²) in [5, 5.41) is 2.99. The lowest BCUT2D eigenvalue weighted by Crippen LogP contribution is -2.56. The van der Waals surface area contributed by atoms with Crippen LogP contribution in [0.4, 0.5) is 4.79 Å². The van der Waals surface area contributed by atoms with Gasteiger partial charge in [0.15, 0.2) is 0 Å². The van der Waals surface area contributed by atoms with Crippen LogP contribution in [0.5, 0.6) is 0 Å². The molecule has 0 saturated carbocycles. The van der Waals surface area contributed by atoms with Crippen molar-refractivity contribution < 1.29 is 19.1 Å². The molecule has 2 heterocycles. The summed E-state index contributed by atoms with van der Waals surface area (Å²) >= 11 is 0. The molecule has 0 aliphatic carbocycles. The Morgan fingerprint density at radius 1 is 1.05 bits per heavy atom. The fourth-order valence-electron chi connectivity index (χ4n) is 5.09. The lowest BCUT2D eigenvalue weighted by molar-refractivity contribution is -0.139. The molecule has 0 aromatic heterocycles. The van der Waals surface area contributed by atoms with Crippen molar-refractivity contribution in [2.75, 3.05) is 39.8 Å². The van der Waals surface area contributed by atoms with Gasteiger partial charge in [0, 0.05) is 50.5 Å². The highest BCUT2D eigenvalue weighted by atomic mass is 16.5. The van der Waals surface area contributed by atoms with Gasteiger partial charge in [0.25, 0.3) is 5.91 Å². The lowest BCUT2D eigenvalue weighted by atomic mass is 9.91. The van der Waals surface area contributed by atoms with E-state index in [-0.39, 0.29) is 24.6 Å². The van der Waals surface area contributed by atoms with Gasteiger partial charge in [0.05, 0.1) is 18.2 Å². The van der Waals surface area contributed by atoms with Gasteiger partial charge >= 0.3 is 12.0 Å². The van der Waals surface area contributed by atoms with Crippen LogP contribution in [0.1, 0.15) is 46.9 Å². The van der Waals surface area contributed by atoms with Crippen molar-refractivity contribution in [3.63, 3.8) is 0 Å². The first-order valence-electron chi connectivity index (χ1n) is 12.8. The van der Waals surface area contributed by atoms with Crippen LogP contribution in [0, 0.1) is 13.8 Å². The molecular weight excluding hydrogens is 468 g/mol. The quantitative estimate of drug-likeness (QED) is 0.607. The van der Waals surface area contributed by atoms with Crippen molar-refractivity contribution >= 4 is 17.9 Å². The second-order valence-corrected chi connectivity index (χ2v) is 9.83. The molecule has 37 heavy (non-hydrogen) atoms.